The maximum atomic E-state index is 5.56. The maximum Gasteiger partial charge on any atom is 0.0643 e. The fraction of sp³-hybridized carbons (Fsp3) is 1.00. The molecule has 0 aromatic rings. The van der Waals surface area contributed by atoms with E-state index in [-0.39, 0.29) is 11.0 Å². The zero-order valence-electron chi connectivity index (χ0n) is 8.90. The summed E-state index contributed by atoms with van der Waals surface area (Å²) in [6, 6.07) is 0.473. The molecule has 1 aliphatic heterocycles. The third kappa shape index (κ3) is 2.46. The van der Waals surface area contributed by atoms with Gasteiger partial charge in [-0.1, -0.05) is 20.8 Å². The van der Waals surface area contributed by atoms with E-state index in [1.54, 1.807) is 0 Å². The van der Waals surface area contributed by atoms with Gasteiger partial charge in [0.2, 0.25) is 0 Å². The Morgan fingerprint density at radius 2 is 1.92 bits per heavy atom. The summed E-state index contributed by atoms with van der Waals surface area (Å²) in [6.07, 6.45) is 0. The normalized spacial score (nSPS) is 30.2. The topological polar surface area (TPSA) is 21.3 Å². The summed E-state index contributed by atoms with van der Waals surface area (Å²) in [5, 5.41) is 3.61. The molecule has 2 heteroatoms. The lowest BCUT2D eigenvalue weighted by molar-refractivity contribution is -0.0171. The molecular weight excluding hydrogens is 150 g/mol. The molecule has 2 nitrogen and oxygen atoms in total. The molecule has 1 fully saturated rings. The highest BCUT2D eigenvalue weighted by molar-refractivity contribution is 4.91. The Balaban J connectivity index is 2.58. The van der Waals surface area contributed by atoms with Crippen LogP contribution >= 0.6 is 0 Å². The van der Waals surface area contributed by atoms with Gasteiger partial charge in [-0.2, -0.15) is 0 Å². The van der Waals surface area contributed by atoms with Crippen LogP contribution in [0.5, 0.6) is 0 Å². The quantitative estimate of drug-likeness (QED) is 0.600. The van der Waals surface area contributed by atoms with Crippen molar-refractivity contribution in [3.05, 3.63) is 0 Å². The third-order valence-corrected chi connectivity index (χ3v) is 2.36. The SMILES string of the molecule is CC1(C)COCC(C(C)(C)C)N1. The summed E-state index contributed by atoms with van der Waals surface area (Å²) in [5.41, 5.74) is 0.424. The molecule has 72 valence electrons. The predicted octanol–water partition coefficient (Wildman–Crippen LogP) is 1.80. The summed E-state index contributed by atoms with van der Waals surface area (Å²) in [7, 11) is 0. The smallest absolute Gasteiger partial charge is 0.0643 e. The second kappa shape index (κ2) is 3.00. The van der Waals surface area contributed by atoms with Crippen molar-refractivity contribution >= 4 is 0 Å². The maximum absolute atomic E-state index is 5.56. The summed E-state index contributed by atoms with van der Waals surface area (Å²) in [6.45, 7) is 12.8. The lowest BCUT2D eigenvalue weighted by Gasteiger charge is -2.43. The molecule has 1 atom stereocenters. The number of ether oxygens (including phenoxy) is 1. The largest absolute Gasteiger partial charge is 0.378 e. The zero-order valence-corrected chi connectivity index (χ0v) is 8.90. The molecule has 0 bridgehead atoms. The van der Waals surface area contributed by atoms with Crippen LogP contribution < -0.4 is 5.32 Å². The van der Waals surface area contributed by atoms with Crippen LogP contribution in [0.25, 0.3) is 0 Å². The third-order valence-electron chi connectivity index (χ3n) is 2.36. The fourth-order valence-corrected chi connectivity index (χ4v) is 1.45. The van der Waals surface area contributed by atoms with Gasteiger partial charge in [-0.05, 0) is 19.3 Å². The molecule has 0 spiro atoms. The Morgan fingerprint density at radius 3 is 2.25 bits per heavy atom. The van der Waals surface area contributed by atoms with E-state index in [9.17, 15) is 0 Å². The lowest BCUT2D eigenvalue weighted by atomic mass is 9.84. The molecule has 0 amide bonds. The van der Waals surface area contributed by atoms with Crippen molar-refractivity contribution in [3.63, 3.8) is 0 Å². The Bertz CT molecular complexity index is 154. The highest BCUT2D eigenvalue weighted by Crippen LogP contribution is 2.24. The molecule has 12 heavy (non-hydrogen) atoms. The van der Waals surface area contributed by atoms with Crippen molar-refractivity contribution in [1.29, 1.82) is 0 Å². The van der Waals surface area contributed by atoms with Gasteiger partial charge in [-0.3, -0.25) is 0 Å². The van der Waals surface area contributed by atoms with Crippen molar-refractivity contribution in [2.75, 3.05) is 13.2 Å². The molecule has 1 aliphatic rings. The van der Waals surface area contributed by atoms with E-state index in [4.69, 9.17) is 4.74 Å². The van der Waals surface area contributed by atoms with Crippen LogP contribution in [0.15, 0.2) is 0 Å². The fourth-order valence-electron chi connectivity index (χ4n) is 1.45. The molecule has 1 saturated heterocycles. The first-order chi connectivity index (χ1) is 5.31. The number of hydrogen-bond donors (Lipinski definition) is 1. The van der Waals surface area contributed by atoms with Crippen LogP contribution in [-0.4, -0.2) is 24.8 Å². The van der Waals surface area contributed by atoms with E-state index < -0.39 is 0 Å². The van der Waals surface area contributed by atoms with Crippen LogP contribution in [0.4, 0.5) is 0 Å². The molecule has 1 rings (SSSR count). The number of rotatable bonds is 0. The standard InChI is InChI=1S/C10H21NO/c1-9(2,3)8-6-12-7-10(4,5)11-8/h8,11H,6-7H2,1-5H3. The highest BCUT2D eigenvalue weighted by atomic mass is 16.5. The Morgan fingerprint density at radius 1 is 1.33 bits per heavy atom. The summed E-state index contributed by atoms with van der Waals surface area (Å²) in [4.78, 5) is 0. The van der Waals surface area contributed by atoms with Gasteiger partial charge in [-0.25, -0.2) is 0 Å². The monoisotopic (exact) mass is 171 g/mol. The first-order valence-corrected chi connectivity index (χ1v) is 4.67. The Labute approximate surface area is 75.7 Å². The van der Waals surface area contributed by atoms with E-state index >= 15 is 0 Å². The number of hydrogen-bond acceptors (Lipinski definition) is 2. The van der Waals surface area contributed by atoms with Gasteiger partial charge in [0, 0.05) is 11.6 Å². The minimum absolute atomic E-state index is 0.135. The number of nitrogens with one attached hydrogen (secondary N) is 1. The van der Waals surface area contributed by atoms with Gasteiger partial charge in [0.25, 0.3) is 0 Å². The molecule has 0 radical (unpaired) electrons. The second-order valence-electron chi connectivity index (χ2n) is 5.46. The Hall–Kier alpha value is -0.0800. The predicted molar refractivity (Wildman–Crippen MR) is 51.3 cm³/mol. The summed E-state index contributed by atoms with van der Waals surface area (Å²) < 4.78 is 5.56. The number of morpholine rings is 1. The highest BCUT2D eigenvalue weighted by Gasteiger charge is 2.34. The van der Waals surface area contributed by atoms with Crippen molar-refractivity contribution in [1.82, 2.24) is 5.32 Å². The molecule has 0 saturated carbocycles. The van der Waals surface area contributed by atoms with E-state index in [0.717, 1.165) is 13.2 Å². The molecule has 1 N–H and O–H groups in total. The van der Waals surface area contributed by atoms with Crippen LogP contribution in [-0.2, 0) is 4.74 Å². The molecule has 0 aromatic carbocycles. The summed E-state index contributed by atoms with van der Waals surface area (Å²) in [5.74, 6) is 0. The zero-order chi connectivity index (χ0) is 9.41. The molecular formula is C10H21NO. The van der Waals surface area contributed by atoms with Gasteiger partial charge in [0.15, 0.2) is 0 Å². The minimum Gasteiger partial charge on any atom is -0.378 e. The van der Waals surface area contributed by atoms with Gasteiger partial charge < -0.3 is 10.1 Å². The van der Waals surface area contributed by atoms with E-state index in [1.165, 1.54) is 0 Å². The van der Waals surface area contributed by atoms with Crippen molar-refractivity contribution in [2.45, 2.75) is 46.2 Å². The average Bonchev–Trinajstić information content (AvgIpc) is 1.83. The van der Waals surface area contributed by atoms with Crippen LogP contribution in [0, 0.1) is 5.41 Å². The lowest BCUT2D eigenvalue weighted by Crippen LogP contribution is -2.59. The molecule has 1 unspecified atom stereocenters. The van der Waals surface area contributed by atoms with Gasteiger partial charge >= 0.3 is 0 Å². The van der Waals surface area contributed by atoms with Crippen molar-refractivity contribution < 1.29 is 4.74 Å². The second-order valence-corrected chi connectivity index (χ2v) is 5.46. The van der Waals surface area contributed by atoms with Gasteiger partial charge in [0.1, 0.15) is 0 Å². The summed E-state index contributed by atoms with van der Waals surface area (Å²) >= 11 is 0. The van der Waals surface area contributed by atoms with Crippen molar-refractivity contribution in [2.24, 2.45) is 5.41 Å². The minimum atomic E-state index is 0.135. The molecule has 0 aromatic heterocycles. The van der Waals surface area contributed by atoms with E-state index in [0.29, 0.717) is 6.04 Å². The average molecular weight is 171 g/mol. The Kier molecular flexibility index (Phi) is 2.50. The first-order valence-electron chi connectivity index (χ1n) is 4.67. The van der Waals surface area contributed by atoms with Crippen molar-refractivity contribution in [3.8, 4) is 0 Å². The molecule has 0 aliphatic carbocycles. The van der Waals surface area contributed by atoms with E-state index in [2.05, 4.69) is 39.9 Å². The van der Waals surface area contributed by atoms with Crippen LogP contribution in [0.3, 0.4) is 0 Å². The first kappa shape index (κ1) is 10.0. The van der Waals surface area contributed by atoms with Crippen LogP contribution in [0.1, 0.15) is 34.6 Å². The molecule has 1 heterocycles. The van der Waals surface area contributed by atoms with Gasteiger partial charge in [0.05, 0.1) is 13.2 Å². The van der Waals surface area contributed by atoms with Gasteiger partial charge in [-0.15, -0.1) is 0 Å². The van der Waals surface area contributed by atoms with E-state index in [1.807, 2.05) is 0 Å². The van der Waals surface area contributed by atoms with Crippen LogP contribution in [0.2, 0.25) is 0 Å².